The Morgan fingerprint density at radius 2 is 1.94 bits per heavy atom. The SMILES string of the molecule is CC(=O)NC1(C)C(=O)N(C)c2c(C)cc(C)cc21. The number of carbonyl (C=O) groups is 2. The van der Waals surface area contributed by atoms with Crippen molar-refractivity contribution in [2.45, 2.75) is 33.2 Å². The molecule has 1 aromatic rings. The van der Waals surface area contributed by atoms with E-state index in [-0.39, 0.29) is 11.8 Å². The van der Waals surface area contributed by atoms with Crippen LogP contribution in [0.4, 0.5) is 5.69 Å². The number of benzene rings is 1. The van der Waals surface area contributed by atoms with Crippen LogP contribution < -0.4 is 10.2 Å². The molecule has 0 aliphatic carbocycles. The van der Waals surface area contributed by atoms with Crippen molar-refractivity contribution in [2.75, 3.05) is 11.9 Å². The molecule has 0 saturated carbocycles. The lowest BCUT2D eigenvalue weighted by Crippen LogP contribution is -2.49. The quantitative estimate of drug-likeness (QED) is 0.818. The molecule has 1 N–H and O–H groups in total. The van der Waals surface area contributed by atoms with Gasteiger partial charge in [0, 0.05) is 19.5 Å². The van der Waals surface area contributed by atoms with Crippen LogP contribution in [0.1, 0.15) is 30.5 Å². The molecule has 4 nitrogen and oxygen atoms in total. The first-order valence-electron chi connectivity index (χ1n) is 5.96. The molecule has 96 valence electrons. The van der Waals surface area contributed by atoms with Crippen LogP contribution >= 0.6 is 0 Å². The summed E-state index contributed by atoms with van der Waals surface area (Å²) in [5.41, 5.74) is 2.97. The highest BCUT2D eigenvalue weighted by Crippen LogP contribution is 2.41. The van der Waals surface area contributed by atoms with Crippen molar-refractivity contribution in [2.24, 2.45) is 0 Å². The van der Waals surface area contributed by atoms with E-state index in [4.69, 9.17) is 0 Å². The normalized spacial score (nSPS) is 22.1. The molecule has 0 bridgehead atoms. The van der Waals surface area contributed by atoms with Gasteiger partial charge in [-0.2, -0.15) is 0 Å². The van der Waals surface area contributed by atoms with Gasteiger partial charge in [0.05, 0.1) is 5.69 Å². The van der Waals surface area contributed by atoms with Crippen molar-refractivity contribution >= 4 is 17.5 Å². The number of rotatable bonds is 1. The second-order valence-electron chi connectivity index (χ2n) is 5.15. The average molecular weight is 246 g/mol. The lowest BCUT2D eigenvalue weighted by atomic mass is 9.91. The van der Waals surface area contributed by atoms with E-state index >= 15 is 0 Å². The van der Waals surface area contributed by atoms with Crippen LogP contribution in [0.15, 0.2) is 12.1 Å². The van der Waals surface area contributed by atoms with Gasteiger partial charge in [-0.25, -0.2) is 0 Å². The van der Waals surface area contributed by atoms with Crippen molar-refractivity contribution in [3.8, 4) is 0 Å². The molecule has 1 heterocycles. The first-order valence-corrected chi connectivity index (χ1v) is 5.96. The van der Waals surface area contributed by atoms with Crippen molar-refractivity contribution in [1.82, 2.24) is 5.32 Å². The zero-order chi connectivity index (χ0) is 13.7. The summed E-state index contributed by atoms with van der Waals surface area (Å²) in [6.07, 6.45) is 0. The molecule has 2 rings (SSSR count). The van der Waals surface area contributed by atoms with Crippen LogP contribution in [0.5, 0.6) is 0 Å². The van der Waals surface area contributed by atoms with E-state index < -0.39 is 5.54 Å². The molecule has 1 aliphatic heterocycles. The molecule has 0 saturated heterocycles. The number of hydrogen-bond acceptors (Lipinski definition) is 2. The third kappa shape index (κ3) is 1.60. The third-order valence-electron chi connectivity index (χ3n) is 3.48. The molecule has 1 unspecified atom stereocenters. The zero-order valence-corrected chi connectivity index (χ0v) is 11.4. The standard InChI is InChI=1S/C14H18N2O2/c1-8-6-9(2)12-11(7-8)14(4,15-10(3)17)13(18)16(12)5/h6-7H,1-5H3,(H,15,17). The molecule has 18 heavy (non-hydrogen) atoms. The molecular formula is C14H18N2O2. The molecule has 1 atom stereocenters. The summed E-state index contributed by atoms with van der Waals surface area (Å²) < 4.78 is 0. The van der Waals surface area contributed by atoms with Crippen molar-refractivity contribution in [3.63, 3.8) is 0 Å². The van der Waals surface area contributed by atoms with Gasteiger partial charge < -0.3 is 10.2 Å². The summed E-state index contributed by atoms with van der Waals surface area (Å²) in [6.45, 7) is 7.16. The van der Waals surface area contributed by atoms with Gasteiger partial charge in [-0.05, 0) is 26.3 Å². The van der Waals surface area contributed by atoms with E-state index in [1.54, 1.807) is 18.9 Å². The van der Waals surface area contributed by atoms with Crippen LogP contribution in [0.2, 0.25) is 0 Å². The first kappa shape index (κ1) is 12.6. The van der Waals surface area contributed by atoms with E-state index in [9.17, 15) is 9.59 Å². The minimum absolute atomic E-state index is 0.0959. The summed E-state index contributed by atoms with van der Waals surface area (Å²) in [6, 6.07) is 4.02. The lowest BCUT2D eigenvalue weighted by Gasteiger charge is -2.24. The fourth-order valence-electron chi connectivity index (χ4n) is 2.81. The van der Waals surface area contributed by atoms with Gasteiger partial charge in [-0.15, -0.1) is 0 Å². The number of hydrogen-bond donors (Lipinski definition) is 1. The number of likely N-dealkylation sites (N-methyl/N-ethyl adjacent to an activating group) is 1. The Kier molecular flexibility index (Phi) is 2.69. The molecule has 0 radical (unpaired) electrons. The summed E-state index contributed by atoms with van der Waals surface area (Å²) in [5, 5.41) is 2.78. The monoisotopic (exact) mass is 246 g/mol. The molecular weight excluding hydrogens is 228 g/mol. The van der Waals surface area contributed by atoms with E-state index in [2.05, 4.69) is 5.32 Å². The van der Waals surface area contributed by atoms with Gasteiger partial charge in [0.2, 0.25) is 5.91 Å². The van der Waals surface area contributed by atoms with Crippen LogP contribution in [0.3, 0.4) is 0 Å². The Bertz CT molecular complexity index is 551. The van der Waals surface area contributed by atoms with Gasteiger partial charge in [-0.1, -0.05) is 17.7 Å². The number of amides is 2. The maximum atomic E-state index is 12.4. The van der Waals surface area contributed by atoms with Crippen LogP contribution in [0.25, 0.3) is 0 Å². The second-order valence-corrected chi connectivity index (χ2v) is 5.15. The second kappa shape index (κ2) is 3.83. The lowest BCUT2D eigenvalue weighted by molar-refractivity contribution is -0.129. The Labute approximate surface area is 107 Å². The number of nitrogens with one attached hydrogen (secondary N) is 1. The minimum Gasteiger partial charge on any atom is -0.338 e. The van der Waals surface area contributed by atoms with Crippen LogP contribution in [-0.2, 0) is 15.1 Å². The summed E-state index contributed by atoms with van der Waals surface area (Å²) in [7, 11) is 1.75. The smallest absolute Gasteiger partial charge is 0.256 e. The highest BCUT2D eigenvalue weighted by Gasteiger charge is 2.47. The molecule has 2 amide bonds. The topological polar surface area (TPSA) is 49.4 Å². The molecule has 0 aromatic heterocycles. The minimum atomic E-state index is -0.952. The van der Waals surface area contributed by atoms with Crippen molar-refractivity contribution in [1.29, 1.82) is 0 Å². The first-order chi connectivity index (χ1) is 8.27. The molecule has 0 spiro atoms. The number of fused-ring (bicyclic) bond motifs is 1. The summed E-state index contributed by atoms with van der Waals surface area (Å²) >= 11 is 0. The van der Waals surface area contributed by atoms with E-state index in [1.807, 2.05) is 26.0 Å². The Morgan fingerprint density at radius 1 is 1.33 bits per heavy atom. The van der Waals surface area contributed by atoms with Gasteiger partial charge in [-0.3, -0.25) is 9.59 Å². The molecule has 4 heteroatoms. The fraction of sp³-hybridized carbons (Fsp3) is 0.429. The zero-order valence-electron chi connectivity index (χ0n) is 11.4. The predicted octanol–water partition coefficient (Wildman–Crippen LogP) is 1.63. The Hall–Kier alpha value is -1.84. The van der Waals surface area contributed by atoms with E-state index in [0.717, 1.165) is 22.4 Å². The molecule has 0 fully saturated rings. The predicted molar refractivity (Wildman–Crippen MR) is 70.5 cm³/mol. The van der Waals surface area contributed by atoms with Crippen molar-refractivity contribution in [3.05, 3.63) is 28.8 Å². The highest BCUT2D eigenvalue weighted by molar-refractivity contribution is 6.09. The largest absolute Gasteiger partial charge is 0.338 e. The molecule has 1 aliphatic rings. The van der Waals surface area contributed by atoms with Crippen LogP contribution in [-0.4, -0.2) is 18.9 Å². The van der Waals surface area contributed by atoms with Gasteiger partial charge in [0.15, 0.2) is 0 Å². The highest BCUT2D eigenvalue weighted by atomic mass is 16.2. The Morgan fingerprint density at radius 3 is 2.50 bits per heavy atom. The van der Waals surface area contributed by atoms with Gasteiger partial charge in [0.1, 0.15) is 5.54 Å². The van der Waals surface area contributed by atoms with E-state index in [1.165, 1.54) is 6.92 Å². The maximum absolute atomic E-state index is 12.4. The molecule has 1 aromatic carbocycles. The van der Waals surface area contributed by atoms with Gasteiger partial charge in [0.25, 0.3) is 5.91 Å². The van der Waals surface area contributed by atoms with Gasteiger partial charge >= 0.3 is 0 Å². The third-order valence-corrected chi connectivity index (χ3v) is 3.48. The number of aryl methyl sites for hydroxylation is 2. The fourth-order valence-corrected chi connectivity index (χ4v) is 2.81. The average Bonchev–Trinajstić information content (AvgIpc) is 2.40. The maximum Gasteiger partial charge on any atom is 0.256 e. The summed E-state index contributed by atoms with van der Waals surface area (Å²) in [5.74, 6) is -0.298. The number of anilines is 1. The van der Waals surface area contributed by atoms with E-state index in [0.29, 0.717) is 0 Å². The Balaban J connectivity index is 2.68. The number of nitrogens with zero attached hydrogens (tertiary/aromatic N) is 1. The summed E-state index contributed by atoms with van der Waals surface area (Å²) in [4.78, 5) is 25.4. The number of carbonyl (C=O) groups excluding carboxylic acids is 2. The van der Waals surface area contributed by atoms with Crippen LogP contribution in [0, 0.1) is 13.8 Å². The van der Waals surface area contributed by atoms with Crippen molar-refractivity contribution < 1.29 is 9.59 Å².